The van der Waals surface area contributed by atoms with Crippen LogP contribution in [0.5, 0.6) is 5.75 Å². The molecule has 0 saturated carbocycles. The van der Waals surface area contributed by atoms with E-state index in [0.29, 0.717) is 5.75 Å². The summed E-state index contributed by atoms with van der Waals surface area (Å²) < 4.78 is 5.53. The summed E-state index contributed by atoms with van der Waals surface area (Å²) in [6.45, 7) is 1.93. The number of hydrogen-bond donors (Lipinski definition) is 1. The molecule has 112 valence electrons. The van der Waals surface area contributed by atoms with Crippen LogP contribution in [0, 0.1) is 5.92 Å². The number of rotatable bonds is 1. The summed E-state index contributed by atoms with van der Waals surface area (Å²) in [6, 6.07) is 7.59. The fourth-order valence-corrected chi connectivity index (χ4v) is 5.69. The first kappa shape index (κ1) is 13.8. The van der Waals surface area contributed by atoms with Gasteiger partial charge >= 0.3 is 10.8 Å². The van der Waals surface area contributed by atoms with E-state index in [1.807, 2.05) is 43.3 Å². The lowest BCUT2D eigenvalue weighted by Crippen LogP contribution is -2.40. The van der Waals surface area contributed by atoms with Crippen LogP contribution in [0.3, 0.4) is 0 Å². The van der Waals surface area contributed by atoms with Crippen LogP contribution in [0.1, 0.15) is 23.3 Å². The number of carbonyl (C=O) groups is 1. The topological polar surface area (TPSA) is 59.2 Å². The second-order valence-electron chi connectivity index (χ2n) is 5.28. The van der Waals surface area contributed by atoms with Gasteiger partial charge in [0.15, 0.2) is 0 Å². The number of hydrogen-bond acceptors (Lipinski definition) is 5. The highest BCUT2D eigenvalue weighted by Crippen LogP contribution is 2.53. The maximum absolute atomic E-state index is 12.5. The summed E-state index contributed by atoms with van der Waals surface area (Å²) in [4.78, 5) is 28.1. The molecule has 4 rings (SSSR count). The molecule has 0 fully saturated rings. The summed E-state index contributed by atoms with van der Waals surface area (Å²) in [5.41, 5.74) is 0.985. The third kappa shape index (κ3) is 1.98. The van der Waals surface area contributed by atoms with E-state index < -0.39 is 0 Å². The van der Waals surface area contributed by atoms with Crippen LogP contribution in [-0.2, 0) is 4.79 Å². The van der Waals surface area contributed by atoms with Crippen molar-refractivity contribution in [2.24, 2.45) is 5.92 Å². The zero-order valence-corrected chi connectivity index (χ0v) is 13.4. The van der Waals surface area contributed by atoms with Crippen molar-refractivity contribution in [2.45, 2.75) is 23.1 Å². The van der Waals surface area contributed by atoms with Crippen molar-refractivity contribution in [1.29, 1.82) is 0 Å². The number of nitrogens with one attached hydrogen (secondary N) is 1. The number of allylic oxidation sites excluding steroid dienone is 1. The first-order valence-corrected chi connectivity index (χ1v) is 8.71. The van der Waals surface area contributed by atoms with Gasteiger partial charge < -0.3 is 9.72 Å². The van der Waals surface area contributed by atoms with Crippen LogP contribution >= 0.6 is 23.1 Å². The van der Waals surface area contributed by atoms with E-state index >= 15 is 0 Å². The highest BCUT2D eigenvalue weighted by atomic mass is 32.2. The first-order valence-electron chi connectivity index (χ1n) is 7.02. The highest BCUT2D eigenvalue weighted by Gasteiger charge is 2.48. The molecule has 1 aromatic carbocycles. The molecule has 3 atom stereocenters. The van der Waals surface area contributed by atoms with E-state index in [1.54, 1.807) is 0 Å². The number of esters is 1. The lowest BCUT2D eigenvalue weighted by Gasteiger charge is -2.38. The molecule has 1 aromatic heterocycles. The Labute approximate surface area is 135 Å². The van der Waals surface area contributed by atoms with Crippen molar-refractivity contribution in [3.63, 3.8) is 0 Å². The summed E-state index contributed by atoms with van der Waals surface area (Å²) in [5.74, 6) is -0.0219. The Kier molecular flexibility index (Phi) is 3.23. The fourth-order valence-electron chi connectivity index (χ4n) is 3.14. The Morgan fingerprint density at radius 3 is 2.91 bits per heavy atom. The Balaban J connectivity index is 1.97. The van der Waals surface area contributed by atoms with Gasteiger partial charge in [-0.3, -0.25) is 9.59 Å². The van der Waals surface area contributed by atoms with Gasteiger partial charge in [-0.05, 0) is 13.0 Å². The SMILES string of the molecule is C/C=C/[C@@H]1Sc2[nH]c(=O)sc2[C@@H]2c3ccccc3OC(=O)[C@@H]21. The molecule has 0 spiro atoms. The van der Waals surface area contributed by atoms with E-state index in [0.717, 1.165) is 15.5 Å². The van der Waals surface area contributed by atoms with Crippen molar-refractivity contribution in [1.82, 2.24) is 4.98 Å². The van der Waals surface area contributed by atoms with Crippen LogP contribution in [0.2, 0.25) is 0 Å². The van der Waals surface area contributed by atoms with Crippen LogP contribution in [-0.4, -0.2) is 16.2 Å². The smallest absolute Gasteiger partial charge is 0.316 e. The van der Waals surface area contributed by atoms with Crippen LogP contribution in [0.15, 0.2) is 46.2 Å². The molecule has 2 aliphatic rings. The molecular formula is C16H13NO3S2. The van der Waals surface area contributed by atoms with Gasteiger partial charge in [-0.2, -0.15) is 0 Å². The molecule has 1 N–H and O–H groups in total. The van der Waals surface area contributed by atoms with Crippen LogP contribution in [0.4, 0.5) is 0 Å². The van der Waals surface area contributed by atoms with Gasteiger partial charge in [0.2, 0.25) is 0 Å². The molecule has 2 aliphatic heterocycles. The van der Waals surface area contributed by atoms with Crippen LogP contribution < -0.4 is 9.61 Å². The predicted molar refractivity (Wildman–Crippen MR) is 86.8 cm³/mol. The highest BCUT2D eigenvalue weighted by molar-refractivity contribution is 8.00. The van der Waals surface area contributed by atoms with Gasteiger partial charge in [-0.15, -0.1) is 0 Å². The molecular weight excluding hydrogens is 318 g/mol. The number of thioether (sulfide) groups is 1. The van der Waals surface area contributed by atoms with Crippen molar-refractivity contribution in [2.75, 3.05) is 0 Å². The molecule has 0 aliphatic carbocycles. The monoisotopic (exact) mass is 331 g/mol. The van der Waals surface area contributed by atoms with E-state index in [-0.39, 0.29) is 27.9 Å². The maximum Gasteiger partial charge on any atom is 0.316 e. The summed E-state index contributed by atoms with van der Waals surface area (Å²) in [6.07, 6.45) is 3.95. The Morgan fingerprint density at radius 2 is 2.09 bits per heavy atom. The quantitative estimate of drug-likeness (QED) is 0.495. The van der Waals surface area contributed by atoms with Gasteiger partial charge in [-0.25, -0.2) is 0 Å². The minimum absolute atomic E-state index is 0.0337. The number of carbonyl (C=O) groups excluding carboxylic acids is 1. The van der Waals surface area contributed by atoms with E-state index in [4.69, 9.17) is 4.74 Å². The zero-order chi connectivity index (χ0) is 15.3. The number of benzene rings is 1. The van der Waals surface area contributed by atoms with Gasteiger partial charge in [0.05, 0.1) is 10.9 Å². The number of aromatic nitrogens is 1. The normalized spacial score (nSPS) is 26.2. The molecule has 0 amide bonds. The van der Waals surface area contributed by atoms with Gasteiger partial charge in [-0.1, -0.05) is 53.4 Å². The number of H-pyrrole nitrogens is 1. The van der Waals surface area contributed by atoms with Crippen molar-refractivity contribution in [3.8, 4) is 5.75 Å². The molecule has 0 bridgehead atoms. The molecule has 3 heterocycles. The lowest BCUT2D eigenvalue weighted by atomic mass is 9.80. The maximum atomic E-state index is 12.5. The third-order valence-corrected chi connectivity index (χ3v) is 6.39. The average Bonchev–Trinajstić information content (AvgIpc) is 2.87. The first-order chi connectivity index (χ1) is 10.7. The predicted octanol–water partition coefficient (Wildman–Crippen LogP) is 3.15. The Morgan fingerprint density at radius 1 is 1.27 bits per heavy atom. The molecule has 4 nitrogen and oxygen atoms in total. The second kappa shape index (κ2) is 5.14. The molecule has 2 aromatic rings. The van der Waals surface area contributed by atoms with E-state index in [9.17, 15) is 9.59 Å². The van der Waals surface area contributed by atoms with Crippen LogP contribution in [0.25, 0.3) is 0 Å². The van der Waals surface area contributed by atoms with Gasteiger partial charge in [0.25, 0.3) is 0 Å². The Hall–Kier alpha value is -1.79. The van der Waals surface area contributed by atoms with Gasteiger partial charge in [0, 0.05) is 21.6 Å². The number of aromatic amines is 1. The number of thiazole rings is 1. The number of fused-ring (bicyclic) bond motifs is 5. The van der Waals surface area contributed by atoms with E-state index in [2.05, 4.69) is 4.98 Å². The third-order valence-electron chi connectivity index (χ3n) is 4.01. The molecule has 0 saturated heterocycles. The zero-order valence-electron chi connectivity index (χ0n) is 11.7. The van der Waals surface area contributed by atoms with Gasteiger partial charge in [0.1, 0.15) is 5.75 Å². The van der Waals surface area contributed by atoms with Crippen molar-refractivity contribution >= 4 is 29.1 Å². The molecule has 22 heavy (non-hydrogen) atoms. The summed E-state index contributed by atoms with van der Waals surface area (Å²) in [7, 11) is 0. The summed E-state index contributed by atoms with van der Waals surface area (Å²) >= 11 is 2.73. The molecule has 6 heteroatoms. The number of ether oxygens (including phenoxy) is 1. The summed E-state index contributed by atoms with van der Waals surface area (Å²) in [5, 5.41) is 0.845. The molecule has 0 unspecified atom stereocenters. The minimum atomic E-state index is -0.296. The largest absolute Gasteiger partial charge is 0.426 e. The minimum Gasteiger partial charge on any atom is -0.426 e. The van der Waals surface area contributed by atoms with E-state index in [1.165, 1.54) is 23.1 Å². The average molecular weight is 331 g/mol. The second-order valence-corrected chi connectivity index (χ2v) is 7.48. The number of para-hydroxylation sites is 1. The fraction of sp³-hybridized carbons (Fsp3) is 0.250. The van der Waals surface area contributed by atoms with Crippen molar-refractivity contribution < 1.29 is 9.53 Å². The lowest BCUT2D eigenvalue weighted by molar-refractivity contribution is -0.140. The standard InChI is InChI=1S/C16H13NO3S2/c1-2-5-10-12-11(13-14(21-10)17-16(19)22-13)8-6-3-4-7-9(8)20-15(12)18/h2-7,10-12H,1H3,(H,17,19)/b5-2+/t10-,11+,12+/m0/s1. The Bertz CT molecular complexity index is 836. The molecule has 0 radical (unpaired) electrons. The van der Waals surface area contributed by atoms with Crippen molar-refractivity contribution in [3.05, 3.63) is 56.5 Å².